The van der Waals surface area contributed by atoms with Crippen molar-refractivity contribution in [3.8, 4) is 0 Å². The van der Waals surface area contributed by atoms with Gasteiger partial charge in [0.25, 0.3) is 0 Å². The summed E-state index contributed by atoms with van der Waals surface area (Å²) in [6.45, 7) is 8.76. The van der Waals surface area contributed by atoms with Gasteiger partial charge in [0.15, 0.2) is 0 Å². The summed E-state index contributed by atoms with van der Waals surface area (Å²) in [6.07, 6.45) is 0. The second kappa shape index (κ2) is 5.94. The number of halogens is 1. The Morgan fingerprint density at radius 2 is 2.09 bits per heavy atom. The van der Waals surface area contributed by atoms with Gasteiger partial charge in [-0.05, 0) is 23.6 Å². The Labute approximate surface area is 129 Å². The van der Waals surface area contributed by atoms with Gasteiger partial charge in [-0.2, -0.15) is 0 Å². The van der Waals surface area contributed by atoms with Crippen LogP contribution in [0.4, 0.5) is 20.6 Å². The van der Waals surface area contributed by atoms with Crippen LogP contribution in [0.15, 0.2) is 18.2 Å². The molecule has 0 spiro atoms. The number of benzene rings is 1. The smallest absolute Gasteiger partial charge is 0.321 e. The number of rotatable bonds is 3. The van der Waals surface area contributed by atoms with Crippen LogP contribution in [0.1, 0.15) is 27.7 Å². The molecule has 1 unspecified atom stereocenters. The largest absolute Gasteiger partial charge is 0.336 e. The van der Waals surface area contributed by atoms with Gasteiger partial charge in [-0.3, -0.25) is 9.69 Å². The topological polar surface area (TPSA) is 61.4 Å². The van der Waals surface area contributed by atoms with Crippen molar-refractivity contribution in [2.45, 2.75) is 27.7 Å². The van der Waals surface area contributed by atoms with Crippen molar-refractivity contribution in [1.82, 2.24) is 5.32 Å². The predicted molar refractivity (Wildman–Crippen MR) is 84.4 cm³/mol. The zero-order valence-corrected chi connectivity index (χ0v) is 13.4. The number of anilines is 2. The third-order valence-electron chi connectivity index (χ3n) is 4.07. The van der Waals surface area contributed by atoms with Gasteiger partial charge in [-0.15, -0.1) is 0 Å². The minimum absolute atomic E-state index is 0.0956. The molecular weight excluding hydrogens is 285 g/mol. The minimum atomic E-state index is -0.516. The van der Waals surface area contributed by atoms with Crippen molar-refractivity contribution < 1.29 is 14.0 Å². The lowest BCUT2D eigenvalue weighted by molar-refractivity contribution is -0.122. The van der Waals surface area contributed by atoms with Gasteiger partial charge < -0.3 is 10.6 Å². The van der Waals surface area contributed by atoms with Crippen molar-refractivity contribution in [3.63, 3.8) is 0 Å². The van der Waals surface area contributed by atoms with Gasteiger partial charge in [-0.25, -0.2) is 9.18 Å². The first kappa shape index (κ1) is 16.3. The fraction of sp³-hybridized carbons (Fsp3) is 0.500. The molecule has 1 atom stereocenters. The summed E-state index contributed by atoms with van der Waals surface area (Å²) in [6, 6.07) is 4.07. The number of urea groups is 1. The summed E-state index contributed by atoms with van der Waals surface area (Å²) in [5.74, 6) is -1.03. The Kier molecular flexibility index (Phi) is 4.39. The highest BCUT2D eigenvalue weighted by Gasteiger charge is 2.28. The van der Waals surface area contributed by atoms with Crippen LogP contribution >= 0.6 is 0 Å². The minimum Gasteiger partial charge on any atom is -0.336 e. The summed E-state index contributed by atoms with van der Waals surface area (Å²) >= 11 is 0. The van der Waals surface area contributed by atoms with Gasteiger partial charge in [0, 0.05) is 24.7 Å². The van der Waals surface area contributed by atoms with Crippen molar-refractivity contribution in [2.75, 3.05) is 23.3 Å². The molecule has 2 rings (SSSR count). The highest BCUT2D eigenvalue weighted by Crippen LogP contribution is 2.28. The van der Waals surface area contributed by atoms with Crippen molar-refractivity contribution >= 4 is 23.3 Å². The van der Waals surface area contributed by atoms with Crippen LogP contribution in [-0.4, -0.2) is 25.0 Å². The fourth-order valence-electron chi connectivity index (χ4n) is 2.13. The molecule has 1 aromatic rings. The molecule has 2 N–H and O–H groups in total. The molecule has 0 bridgehead atoms. The molecule has 1 saturated heterocycles. The molecule has 0 aromatic heterocycles. The van der Waals surface area contributed by atoms with E-state index in [4.69, 9.17) is 0 Å². The van der Waals surface area contributed by atoms with E-state index in [0.717, 1.165) is 0 Å². The first-order valence-electron chi connectivity index (χ1n) is 7.36. The summed E-state index contributed by atoms with van der Waals surface area (Å²) in [5, 5.41) is 5.31. The van der Waals surface area contributed by atoms with Crippen molar-refractivity contribution in [2.24, 2.45) is 11.3 Å². The molecule has 0 saturated carbocycles. The van der Waals surface area contributed by atoms with E-state index in [-0.39, 0.29) is 29.0 Å². The van der Waals surface area contributed by atoms with Gasteiger partial charge in [0.2, 0.25) is 5.91 Å². The zero-order chi connectivity index (χ0) is 16.5. The second-order valence-corrected chi connectivity index (χ2v) is 6.62. The summed E-state index contributed by atoms with van der Waals surface area (Å²) in [4.78, 5) is 25.4. The summed E-state index contributed by atoms with van der Waals surface area (Å²) in [7, 11) is 0. The molecule has 0 aliphatic carbocycles. The van der Waals surface area contributed by atoms with E-state index in [0.29, 0.717) is 18.8 Å². The Hall–Kier alpha value is -2.11. The number of hydrogen-bond donors (Lipinski definition) is 2. The average molecular weight is 307 g/mol. The number of nitrogens with zero attached hydrogens (tertiary/aromatic N) is 1. The van der Waals surface area contributed by atoms with Gasteiger partial charge in [0.05, 0.1) is 5.69 Å². The van der Waals surface area contributed by atoms with Crippen LogP contribution < -0.4 is 15.5 Å². The number of carbonyl (C=O) groups excluding carboxylic acids is 2. The van der Waals surface area contributed by atoms with Crippen molar-refractivity contribution in [1.29, 1.82) is 0 Å². The molecule has 120 valence electrons. The van der Waals surface area contributed by atoms with Crippen molar-refractivity contribution in [3.05, 3.63) is 24.0 Å². The molecule has 6 heteroatoms. The molecule has 1 heterocycles. The Balaban J connectivity index is 2.20. The lowest BCUT2D eigenvalue weighted by atomic mass is 9.81. The Bertz CT molecular complexity index is 596. The summed E-state index contributed by atoms with van der Waals surface area (Å²) < 4.78 is 13.9. The maximum atomic E-state index is 13.9. The van der Waals surface area contributed by atoms with E-state index in [1.54, 1.807) is 0 Å². The standard InChI is InChI=1S/C16H22FN3O2/c1-10(16(2,3)4)14(21)19-13-9-11(5-6-12(13)17)20-8-7-18-15(20)22/h5-6,9-10H,7-8H2,1-4H3,(H,18,22)(H,19,21). The predicted octanol–water partition coefficient (Wildman–Crippen LogP) is 2.98. The molecule has 3 amide bonds. The second-order valence-electron chi connectivity index (χ2n) is 6.62. The molecule has 0 radical (unpaired) electrons. The van der Waals surface area contributed by atoms with Gasteiger partial charge in [0.1, 0.15) is 5.82 Å². The summed E-state index contributed by atoms with van der Waals surface area (Å²) in [5.41, 5.74) is 0.445. The molecule has 1 fully saturated rings. The first-order valence-corrected chi connectivity index (χ1v) is 7.36. The Morgan fingerprint density at radius 1 is 1.41 bits per heavy atom. The lowest BCUT2D eigenvalue weighted by Gasteiger charge is -2.26. The van der Waals surface area contributed by atoms with E-state index < -0.39 is 5.82 Å². The highest BCUT2D eigenvalue weighted by molar-refractivity contribution is 5.96. The zero-order valence-electron chi connectivity index (χ0n) is 13.4. The fourth-order valence-corrected chi connectivity index (χ4v) is 2.13. The van der Waals surface area contributed by atoms with E-state index in [1.807, 2.05) is 27.7 Å². The third-order valence-corrected chi connectivity index (χ3v) is 4.07. The highest BCUT2D eigenvalue weighted by atomic mass is 19.1. The molecular formula is C16H22FN3O2. The number of hydrogen-bond acceptors (Lipinski definition) is 2. The SMILES string of the molecule is CC(C(=O)Nc1cc(N2CCNC2=O)ccc1F)C(C)(C)C. The number of nitrogens with one attached hydrogen (secondary N) is 2. The van der Waals surface area contributed by atoms with Gasteiger partial charge >= 0.3 is 6.03 Å². The van der Waals surface area contributed by atoms with E-state index in [1.165, 1.54) is 23.1 Å². The van der Waals surface area contributed by atoms with Crippen LogP contribution in [0.3, 0.4) is 0 Å². The molecule has 1 aliphatic heterocycles. The van der Waals surface area contributed by atoms with Crippen LogP contribution in [0.25, 0.3) is 0 Å². The monoisotopic (exact) mass is 307 g/mol. The van der Waals surface area contributed by atoms with Crippen LogP contribution in [0, 0.1) is 17.2 Å². The number of amides is 3. The molecule has 5 nitrogen and oxygen atoms in total. The number of carbonyl (C=O) groups is 2. The third kappa shape index (κ3) is 3.37. The Morgan fingerprint density at radius 3 is 2.64 bits per heavy atom. The maximum Gasteiger partial charge on any atom is 0.321 e. The average Bonchev–Trinajstić information content (AvgIpc) is 2.85. The molecule has 1 aliphatic rings. The first-order chi connectivity index (χ1) is 10.2. The van der Waals surface area contributed by atoms with Crippen LogP contribution in [-0.2, 0) is 4.79 Å². The van der Waals surface area contributed by atoms with Crippen LogP contribution in [0.5, 0.6) is 0 Å². The van der Waals surface area contributed by atoms with E-state index >= 15 is 0 Å². The van der Waals surface area contributed by atoms with E-state index in [2.05, 4.69) is 10.6 Å². The normalized spacial score (nSPS) is 16.4. The maximum absolute atomic E-state index is 13.9. The quantitative estimate of drug-likeness (QED) is 0.902. The lowest BCUT2D eigenvalue weighted by Crippen LogP contribution is -2.31. The molecule has 1 aromatic carbocycles. The van der Waals surface area contributed by atoms with Crippen LogP contribution in [0.2, 0.25) is 0 Å². The van der Waals surface area contributed by atoms with Gasteiger partial charge in [-0.1, -0.05) is 27.7 Å². The molecule has 22 heavy (non-hydrogen) atoms. The van der Waals surface area contributed by atoms with E-state index in [9.17, 15) is 14.0 Å².